The average Bonchev–Trinajstić information content (AvgIpc) is 2.62. The molecule has 7 heteroatoms. The largest absolute Gasteiger partial charge is 0.496 e. The normalized spacial score (nSPS) is 19.5. The molecule has 2 aromatic carbocycles. The fourth-order valence-electron chi connectivity index (χ4n) is 3.27. The number of likely N-dealkylation sites (N-methyl/N-ethyl adjacent to an activating group) is 1. The molecule has 0 bridgehead atoms. The predicted molar refractivity (Wildman–Crippen MR) is 98.3 cm³/mol. The minimum atomic E-state index is -3.60. The smallest absolute Gasteiger partial charge is 0.243 e. The van der Waals surface area contributed by atoms with Gasteiger partial charge >= 0.3 is 0 Å². The molecule has 1 fully saturated rings. The molecule has 2 aromatic rings. The first-order chi connectivity index (χ1) is 12.3. The van der Waals surface area contributed by atoms with Gasteiger partial charge in [-0.1, -0.05) is 12.1 Å². The quantitative estimate of drug-likeness (QED) is 0.821. The van der Waals surface area contributed by atoms with Crippen LogP contribution >= 0.6 is 0 Å². The van der Waals surface area contributed by atoms with Gasteiger partial charge in [-0.05, 0) is 55.4 Å². The van der Waals surface area contributed by atoms with Gasteiger partial charge in [-0.3, -0.25) is 4.90 Å². The minimum absolute atomic E-state index is 0.113. The Morgan fingerprint density at radius 1 is 1.12 bits per heavy atom. The van der Waals surface area contributed by atoms with E-state index >= 15 is 0 Å². The first-order valence-corrected chi connectivity index (χ1v) is 9.87. The van der Waals surface area contributed by atoms with Gasteiger partial charge in [-0.15, -0.1) is 0 Å². The van der Waals surface area contributed by atoms with Gasteiger partial charge in [0.05, 0.1) is 12.0 Å². The van der Waals surface area contributed by atoms with Crippen LogP contribution < -0.4 is 4.74 Å². The summed E-state index contributed by atoms with van der Waals surface area (Å²) in [7, 11) is -0.0913. The highest BCUT2D eigenvalue weighted by Gasteiger charge is 2.33. The molecule has 1 aliphatic rings. The average molecular weight is 378 g/mol. The van der Waals surface area contributed by atoms with Gasteiger partial charge in [0.15, 0.2) is 0 Å². The van der Waals surface area contributed by atoms with Crippen LogP contribution in [0.5, 0.6) is 5.75 Å². The Hall–Kier alpha value is -1.96. The van der Waals surface area contributed by atoms with Gasteiger partial charge in [0.2, 0.25) is 10.0 Å². The summed E-state index contributed by atoms with van der Waals surface area (Å²) < 4.78 is 46.1. The summed E-state index contributed by atoms with van der Waals surface area (Å²) >= 11 is 0. The molecule has 0 saturated carbocycles. The van der Waals surface area contributed by atoms with Crippen LogP contribution in [0.4, 0.5) is 4.39 Å². The van der Waals surface area contributed by atoms with Gasteiger partial charge in [-0.2, -0.15) is 4.31 Å². The van der Waals surface area contributed by atoms with Crippen molar-refractivity contribution in [2.24, 2.45) is 0 Å². The van der Waals surface area contributed by atoms with E-state index in [0.29, 0.717) is 25.4 Å². The topological polar surface area (TPSA) is 49.9 Å². The molecule has 0 radical (unpaired) electrons. The summed E-state index contributed by atoms with van der Waals surface area (Å²) in [5.41, 5.74) is 1.68. The standard InChI is InChI=1S/C19H23FN2O3S/c1-14-12-17(8-9-19(14)25-3)26(23,24)22-11-10-21(2)18(13-22)15-4-6-16(20)7-5-15/h4-9,12,18H,10-11,13H2,1-3H3. The number of sulfonamides is 1. The zero-order valence-electron chi connectivity index (χ0n) is 15.1. The van der Waals surface area contributed by atoms with Gasteiger partial charge < -0.3 is 4.74 Å². The number of methoxy groups -OCH3 is 1. The Balaban J connectivity index is 1.88. The van der Waals surface area contributed by atoms with Crippen molar-refractivity contribution in [3.8, 4) is 5.75 Å². The molecule has 5 nitrogen and oxygen atoms in total. The SMILES string of the molecule is COc1ccc(S(=O)(=O)N2CCN(C)C(c3ccc(F)cc3)C2)cc1C. The van der Waals surface area contributed by atoms with Gasteiger partial charge in [0.1, 0.15) is 11.6 Å². The van der Waals surface area contributed by atoms with E-state index < -0.39 is 10.0 Å². The number of benzene rings is 2. The van der Waals surface area contributed by atoms with Crippen LogP contribution in [0.25, 0.3) is 0 Å². The predicted octanol–water partition coefficient (Wildman–Crippen LogP) is 2.82. The van der Waals surface area contributed by atoms with Crippen LogP contribution in [0, 0.1) is 12.7 Å². The molecule has 0 N–H and O–H groups in total. The third kappa shape index (κ3) is 3.60. The fourth-order valence-corrected chi connectivity index (χ4v) is 4.80. The molecule has 0 amide bonds. The van der Waals surface area contributed by atoms with Gasteiger partial charge in [0.25, 0.3) is 0 Å². The highest BCUT2D eigenvalue weighted by atomic mass is 32.2. The van der Waals surface area contributed by atoms with Crippen LogP contribution in [0.1, 0.15) is 17.2 Å². The van der Waals surface area contributed by atoms with Crippen LogP contribution in [0.2, 0.25) is 0 Å². The number of aryl methyl sites for hydroxylation is 1. The number of nitrogens with zero attached hydrogens (tertiary/aromatic N) is 2. The fraction of sp³-hybridized carbons (Fsp3) is 0.368. The van der Waals surface area contributed by atoms with Crippen molar-refractivity contribution in [3.63, 3.8) is 0 Å². The summed E-state index contributed by atoms with van der Waals surface area (Å²) in [5, 5.41) is 0. The second-order valence-corrected chi connectivity index (χ2v) is 8.48. The molecule has 1 aliphatic heterocycles. The maximum absolute atomic E-state index is 13.2. The van der Waals surface area contributed by atoms with Crippen molar-refractivity contribution in [2.45, 2.75) is 17.9 Å². The lowest BCUT2D eigenvalue weighted by Gasteiger charge is -2.39. The minimum Gasteiger partial charge on any atom is -0.496 e. The Morgan fingerprint density at radius 3 is 2.42 bits per heavy atom. The molecular weight excluding hydrogens is 355 g/mol. The lowest BCUT2D eigenvalue weighted by atomic mass is 10.0. The lowest BCUT2D eigenvalue weighted by molar-refractivity contribution is 0.148. The molecule has 140 valence electrons. The van der Waals surface area contributed by atoms with Gasteiger partial charge in [0, 0.05) is 25.7 Å². The molecule has 1 unspecified atom stereocenters. The highest BCUT2D eigenvalue weighted by molar-refractivity contribution is 7.89. The van der Waals surface area contributed by atoms with Crippen molar-refractivity contribution in [2.75, 3.05) is 33.8 Å². The van der Waals surface area contributed by atoms with Crippen molar-refractivity contribution in [3.05, 3.63) is 59.4 Å². The molecule has 0 spiro atoms. The van der Waals surface area contributed by atoms with Crippen LogP contribution in [0.15, 0.2) is 47.4 Å². The van der Waals surface area contributed by atoms with E-state index in [0.717, 1.165) is 11.1 Å². The maximum atomic E-state index is 13.2. The summed E-state index contributed by atoms with van der Waals surface area (Å²) in [5.74, 6) is 0.358. The van der Waals surface area contributed by atoms with E-state index in [1.54, 1.807) is 37.4 Å². The van der Waals surface area contributed by atoms with E-state index in [1.807, 2.05) is 14.0 Å². The van der Waals surface area contributed by atoms with Crippen molar-refractivity contribution < 1.29 is 17.5 Å². The Morgan fingerprint density at radius 2 is 1.81 bits per heavy atom. The first-order valence-electron chi connectivity index (χ1n) is 8.43. The number of hydrogen-bond donors (Lipinski definition) is 0. The molecule has 1 atom stereocenters. The summed E-state index contributed by atoms with van der Waals surface area (Å²) in [6.45, 7) is 3.18. The number of piperazine rings is 1. The highest BCUT2D eigenvalue weighted by Crippen LogP contribution is 2.29. The summed E-state index contributed by atoms with van der Waals surface area (Å²) in [6, 6.07) is 11.0. The molecule has 1 saturated heterocycles. The molecule has 0 aromatic heterocycles. The Labute approximate surface area is 154 Å². The van der Waals surface area contributed by atoms with Crippen molar-refractivity contribution >= 4 is 10.0 Å². The number of halogens is 1. The summed E-state index contributed by atoms with van der Waals surface area (Å²) in [4.78, 5) is 2.36. The molecule has 0 aliphatic carbocycles. The van der Waals surface area contributed by atoms with E-state index in [9.17, 15) is 12.8 Å². The molecule has 3 rings (SSSR count). The second kappa shape index (κ2) is 7.34. The Kier molecular flexibility index (Phi) is 5.32. The second-order valence-electron chi connectivity index (χ2n) is 6.54. The monoisotopic (exact) mass is 378 g/mol. The van der Waals surface area contributed by atoms with Gasteiger partial charge in [-0.25, -0.2) is 12.8 Å². The Bertz CT molecular complexity index is 884. The third-order valence-electron chi connectivity index (χ3n) is 4.87. The number of rotatable bonds is 4. The lowest BCUT2D eigenvalue weighted by Crippen LogP contribution is -2.48. The summed E-state index contributed by atoms with van der Waals surface area (Å²) in [6.07, 6.45) is 0. The number of hydrogen-bond acceptors (Lipinski definition) is 4. The van der Waals surface area contributed by atoms with Crippen LogP contribution in [-0.2, 0) is 10.0 Å². The van der Waals surface area contributed by atoms with Crippen molar-refractivity contribution in [1.29, 1.82) is 0 Å². The van der Waals surface area contributed by atoms with E-state index in [2.05, 4.69) is 4.90 Å². The van der Waals surface area contributed by atoms with E-state index in [4.69, 9.17) is 4.74 Å². The van der Waals surface area contributed by atoms with Crippen LogP contribution in [-0.4, -0.2) is 51.4 Å². The van der Waals surface area contributed by atoms with E-state index in [-0.39, 0.29) is 16.8 Å². The zero-order chi connectivity index (χ0) is 18.9. The van der Waals surface area contributed by atoms with Crippen LogP contribution in [0.3, 0.4) is 0 Å². The zero-order valence-corrected chi connectivity index (χ0v) is 16.0. The molecule has 1 heterocycles. The first kappa shape index (κ1) is 18.8. The van der Waals surface area contributed by atoms with E-state index in [1.165, 1.54) is 16.4 Å². The number of ether oxygens (including phenoxy) is 1. The third-order valence-corrected chi connectivity index (χ3v) is 6.73. The van der Waals surface area contributed by atoms with Crippen molar-refractivity contribution in [1.82, 2.24) is 9.21 Å². The maximum Gasteiger partial charge on any atom is 0.243 e. The molecular formula is C19H23FN2O3S. The molecule has 26 heavy (non-hydrogen) atoms.